The molecular formula is C13H18O8S. The van der Waals surface area contributed by atoms with Crippen LogP contribution in [-0.2, 0) is 19.0 Å². The van der Waals surface area contributed by atoms with Crippen LogP contribution in [0.25, 0.3) is 0 Å². The molecule has 0 aromatic heterocycles. The van der Waals surface area contributed by atoms with E-state index in [9.17, 15) is 23.7 Å². The van der Waals surface area contributed by atoms with E-state index in [2.05, 4.69) is 0 Å². The van der Waals surface area contributed by atoms with Crippen LogP contribution in [0, 0.1) is 6.92 Å². The zero-order valence-electron chi connectivity index (χ0n) is 11.7. The number of aryl methyl sites for hydroxylation is 1. The van der Waals surface area contributed by atoms with Crippen molar-refractivity contribution < 1.29 is 37.8 Å². The molecule has 1 aromatic rings. The van der Waals surface area contributed by atoms with Crippen molar-refractivity contribution >= 4 is 10.1 Å². The quantitative estimate of drug-likeness (QED) is 0.489. The summed E-state index contributed by atoms with van der Waals surface area (Å²) < 4.78 is 34.3. The molecule has 9 heteroatoms. The fraction of sp³-hybridized carbons (Fsp3) is 0.538. The molecule has 1 aliphatic heterocycles. The number of rotatable bonds is 4. The molecule has 0 radical (unpaired) electrons. The van der Waals surface area contributed by atoms with Crippen molar-refractivity contribution in [2.75, 3.05) is 6.61 Å². The molecule has 4 N–H and O–H groups in total. The Kier molecular flexibility index (Phi) is 5.17. The van der Waals surface area contributed by atoms with Gasteiger partial charge in [0, 0.05) is 0 Å². The summed E-state index contributed by atoms with van der Waals surface area (Å²) in [5, 5.41) is 38.1. The second-order valence-electron chi connectivity index (χ2n) is 5.01. The van der Waals surface area contributed by atoms with E-state index >= 15 is 0 Å². The van der Waals surface area contributed by atoms with Crippen LogP contribution in [0.3, 0.4) is 0 Å². The van der Waals surface area contributed by atoms with E-state index in [-0.39, 0.29) is 4.90 Å². The third kappa shape index (κ3) is 3.30. The number of aliphatic hydroxyl groups excluding tert-OH is 4. The molecule has 1 aliphatic rings. The van der Waals surface area contributed by atoms with E-state index in [0.29, 0.717) is 5.56 Å². The van der Waals surface area contributed by atoms with Crippen molar-refractivity contribution in [3.63, 3.8) is 0 Å². The molecule has 8 nitrogen and oxygen atoms in total. The molecule has 0 saturated carbocycles. The summed E-state index contributed by atoms with van der Waals surface area (Å²) in [6, 6.07) is 6.07. The molecule has 0 unspecified atom stereocenters. The molecule has 0 aliphatic carbocycles. The first-order valence-electron chi connectivity index (χ1n) is 6.57. The molecule has 2 rings (SSSR count). The van der Waals surface area contributed by atoms with Gasteiger partial charge in [0.25, 0.3) is 10.1 Å². The van der Waals surface area contributed by atoms with Gasteiger partial charge in [-0.3, -0.25) is 0 Å². The summed E-state index contributed by atoms with van der Waals surface area (Å²) in [6.07, 6.45) is -8.05. The first-order valence-corrected chi connectivity index (χ1v) is 7.98. The Morgan fingerprint density at radius 1 is 1.14 bits per heavy atom. The minimum atomic E-state index is -4.26. The Hall–Kier alpha value is -1.07. The maximum atomic E-state index is 12.2. The van der Waals surface area contributed by atoms with Gasteiger partial charge in [-0.05, 0) is 18.6 Å². The number of hydrogen-bond donors (Lipinski definition) is 4. The Labute approximate surface area is 127 Å². The van der Waals surface area contributed by atoms with Crippen molar-refractivity contribution in [2.24, 2.45) is 0 Å². The fourth-order valence-corrected chi connectivity index (χ4v) is 3.38. The van der Waals surface area contributed by atoms with Gasteiger partial charge in [0.1, 0.15) is 24.4 Å². The lowest BCUT2D eigenvalue weighted by Gasteiger charge is -2.39. The van der Waals surface area contributed by atoms with Gasteiger partial charge in [-0.1, -0.05) is 18.2 Å². The van der Waals surface area contributed by atoms with Crippen molar-refractivity contribution in [1.29, 1.82) is 0 Å². The van der Waals surface area contributed by atoms with Gasteiger partial charge in [0.05, 0.1) is 11.5 Å². The molecule has 124 valence electrons. The van der Waals surface area contributed by atoms with Gasteiger partial charge in [-0.2, -0.15) is 8.42 Å². The van der Waals surface area contributed by atoms with Crippen LogP contribution >= 0.6 is 0 Å². The maximum Gasteiger partial charge on any atom is 0.299 e. The molecule has 0 bridgehead atoms. The summed E-state index contributed by atoms with van der Waals surface area (Å²) in [4.78, 5) is -0.105. The molecule has 0 spiro atoms. The number of aliphatic hydroxyl groups is 4. The second-order valence-corrected chi connectivity index (χ2v) is 6.55. The van der Waals surface area contributed by atoms with Crippen molar-refractivity contribution in [1.82, 2.24) is 0 Å². The SMILES string of the molecule is Cc1ccccc1S(=O)(=O)O[C@H]1O[C@H](CO)[C@H](O)[C@H](O)[C@H]1O. The van der Waals surface area contributed by atoms with Gasteiger partial charge in [-0.25, -0.2) is 4.18 Å². The topological polar surface area (TPSA) is 134 Å². The molecule has 5 atom stereocenters. The lowest BCUT2D eigenvalue weighted by molar-refractivity contribution is -0.276. The van der Waals surface area contributed by atoms with E-state index in [1.807, 2.05) is 0 Å². The average Bonchev–Trinajstić information content (AvgIpc) is 2.48. The smallest absolute Gasteiger partial charge is 0.299 e. The van der Waals surface area contributed by atoms with Crippen LogP contribution < -0.4 is 0 Å². The zero-order valence-corrected chi connectivity index (χ0v) is 12.5. The van der Waals surface area contributed by atoms with E-state index in [1.165, 1.54) is 12.1 Å². The van der Waals surface area contributed by atoms with Crippen molar-refractivity contribution in [3.8, 4) is 0 Å². The van der Waals surface area contributed by atoms with Gasteiger partial charge < -0.3 is 25.2 Å². The van der Waals surface area contributed by atoms with Crippen LogP contribution in [-0.4, -0.2) is 66.2 Å². The highest BCUT2D eigenvalue weighted by Crippen LogP contribution is 2.26. The van der Waals surface area contributed by atoms with E-state index in [0.717, 1.165) is 0 Å². The first-order chi connectivity index (χ1) is 10.3. The summed E-state index contributed by atoms with van der Waals surface area (Å²) in [7, 11) is -4.26. The van der Waals surface area contributed by atoms with Crippen molar-refractivity contribution in [2.45, 2.75) is 42.5 Å². The Balaban J connectivity index is 2.23. The number of hydrogen-bond acceptors (Lipinski definition) is 8. The minimum Gasteiger partial charge on any atom is -0.394 e. The average molecular weight is 334 g/mol. The van der Waals surface area contributed by atoms with Gasteiger partial charge >= 0.3 is 0 Å². The largest absolute Gasteiger partial charge is 0.394 e. The molecule has 1 heterocycles. The standard InChI is InChI=1S/C13H18O8S/c1-7-4-2-3-5-9(7)22(18,19)21-13-12(17)11(16)10(15)8(6-14)20-13/h2-5,8,10-17H,6H2,1H3/t8-,10+,11+,12-,13-/m1/s1. The van der Waals surface area contributed by atoms with Crippen LogP contribution in [0.15, 0.2) is 29.2 Å². The Bertz CT molecular complexity index is 614. The predicted molar refractivity (Wildman–Crippen MR) is 73.2 cm³/mol. The summed E-state index contributed by atoms with van der Waals surface area (Å²) >= 11 is 0. The van der Waals surface area contributed by atoms with E-state index in [1.54, 1.807) is 19.1 Å². The highest BCUT2D eigenvalue weighted by molar-refractivity contribution is 7.86. The first kappa shape index (κ1) is 17.3. The monoisotopic (exact) mass is 334 g/mol. The molecular weight excluding hydrogens is 316 g/mol. The second kappa shape index (κ2) is 6.59. The lowest BCUT2D eigenvalue weighted by atomic mass is 10.00. The molecule has 1 saturated heterocycles. The highest BCUT2D eigenvalue weighted by Gasteiger charge is 2.46. The predicted octanol–water partition coefficient (Wildman–Crippen LogP) is -1.50. The lowest BCUT2D eigenvalue weighted by Crippen LogP contribution is -2.59. The van der Waals surface area contributed by atoms with Gasteiger partial charge in [0.2, 0.25) is 6.29 Å². The van der Waals surface area contributed by atoms with Crippen LogP contribution in [0.4, 0.5) is 0 Å². The van der Waals surface area contributed by atoms with Crippen LogP contribution in [0.5, 0.6) is 0 Å². The molecule has 0 amide bonds. The minimum absolute atomic E-state index is 0.105. The normalized spacial score (nSPS) is 32.9. The third-order valence-corrected chi connectivity index (χ3v) is 4.87. The Morgan fingerprint density at radius 3 is 2.36 bits per heavy atom. The summed E-state index contributed by atoms with van der Waals surface area (Å²) in [5.41, 5.74) is 0.437. The fourth-order valence-electron chi connectivity index (χ4n) is 2.16. The summed E-state index contributed by atoms with van der Waals surface area (Å²) in [6.45, 7) is 0.902. The van der Waals surface area contributed by atoms with Gasteiger partial charge in [0.15, 0.2) is 0 Å². The van der Waals surface area contributed by atoms with E-state index in [4.69, 9.17) is 14.0 Å². The van der Waals surface area contributed by atoms with Gasteiger partial charge in [-0.15, -0.1) is 0 Å². The summed E-state index contributed by atoms with van der Waals surface area (Å²) in [5.74, 6) is 0. The third-order valence-electron chi connectivity index (χ3n) is 3.43. The van der Waals surface area contributed by atoms with Crippen LogP contribution in [0.2, 0.25) is 0 Å². The molecule has 1 fully saturated rings. The molecule has 1 aromatic carbocycles. The van der Waals surface area contributed by atoms with E-state index < -0.39 is 47.4 Å². The Morgan fingerprint density at radius 2 is 1.77 bits per heavy atom. The number of ether oxygens (including phenoxy) is 1. The highest BCUT2D eigenvalue weighted by atomic mass is 32.2. The van der Waals surface area contributed by atoms with Crippen LogP contribution in [0.1, 0.15) is 5.56 Å². The zero-order chi connectivity index (χ0) is 16.5. The van der Waals surface area contributed by atoms with Crippen molar-refractivity contribution in [3.05, 3.63) is 29.8 Å². The number of benzene rings is 1. The maximum absolute atomic E-state index is 12.2. The molecule has 22 heavy (non-hydrogen) atoms.